The van der Waals surface area contributed by atoms with Gasteiger partial charge in [-0.2, -0.15) is 0 Å². The number of carbonyl (C=O) groups is 1. The number of hydrogen-bond donors (Lipinski definition) is 1. The lowest BCUT2D eigenvalue weighted by atomic mass is 9.94. The van der Waals surface area contributed by atoms with Gasteiger partial charge in [0.1, 0.15) is 5.58 Å². The van der Waals surface area contributed by atoms with E-state index in [0.29, 0.717) is 17.7 Å². The van der Waals surface area contributed by atoms with Crippen LogP contribution in [0, 0.1) is 12.8 Å². The normalized spacial score (nSPS) is 22.7. The number of nitrogens with one attached hydrogen (secondary N) is 1. The van der Waals surface area contributed by atoms with E-state index in [9.17, 15) is 4.79 Å². The predicted octanol–water partition coefficient (Wildman–Crippen LogP) is 2.81. The molecule has 1 saturated heterocycles. The maximum atomic E-state index is 12.6. The third kappa shape index (κ3) is 2.68. The molecule has 3 rings (SSSR count). The molecule has 0 aliphatic carbocycles. The molecule has 2 unspecified atom stereocenters. The van der Waals surface area contributed by atoms with Crippen LogP contribution in [0.4, 0.5) is 0 Å². The van der Waals surface area contributed by atoms with E-state index in [1.807, 2.05) is 43.1 Å². The van der Waals surface area contributed by atoms with Crippen LogP contribution >= 0.6 is 0 Å². The predicted molar refractivity (Wildman–Crippen MR) is 83.5 cm³/mol. The molecule has 1 N–H and O–H groups in total. The van der Waals surface area contributed by atoms with Crippen LogP contribution in [-0.2, 0) is 0 Å². The van der Waals surface area contributed by atoms with Gasteiger partial charge in [-0.3, -0.25) is 4.79 Å². The molecule has 1 aromatic heterocycles. The monoisotopic (exact) mass is 286 g/mol. The van der Waals surface area contributed by atoms with Crippen molar-refractivity contribution in [1.82, 2.24) is 10.2 Å². The van der Waals surface area contributed by atoms with E-state index in [2.05, 4.69) is 12.2 Å². The molecule has 2 atom stereocenters. The van der Waals surface area contributed by atoms with E-state index in [4.69, 9.17) is 4.42 Å². The lowest BCUT2D eigenvalue weighted by Crippen LogP contribution is -2.49. The van der Waals surface area contributed by atoms with Crippen molar-refractivity contribution in [1.29, 1.82) is 0 Å². The summed E-state index contributed by atoms with van der Waals surface area (Å²) in [6.45, 7) is 5.78. The van der Waals surface area contributed by atoms with Crippen molar-refractivity contribution in [2.45, 2.75) is 26.3 Å². The van der Waals surface area contributed by atoms with E-state index in [1.54, 1.807) is 0 Å². The lowest BCUT2D eigenvalue weighted by molar-refractivity contribution is 0.0620. The van der Waals surface area contributed by atoms with E-state index < -0.39 is 0 Å². The average Bonchev–Trinajstić information content (AvgIpc) is 2.89. The molecule has 21 heavy (non-hydrogen) atoms. The van der Waals surface area contributed by atoms with Crippen molar-refractivity contribution >= 4 is 16.9 Å². The zero-order valence-corrected chi connectivity index (χ0v) is 12.8. The lowest BCUT2D eigenvalue weighted by Gasteiger charge is -2.36. The second-order valence-electron chi connectivity index (χ2n) is 6.06. The van der Waals surface area contributed by atoms with Crippen molar-refractivity contribution in [3.05, 3.63) is 35.6 Å². The van der Waals surface area contributed by atoms with Crippen LogP contribution in [0.2, 0.25) is 0 Å². The van der Waals surface area contributed by atoms with Gasteiger partial charge in [-0.25, -0.2) is 0 Å². The average molecular weight is 286 g/mol. The molecule has 1 amide bonds. The van der Waals surface area contributed by atoms with Gasteiger partial charge < -0.3 is 14.6 Å². The third-order valence-electron chi connectivity index (χ3n) is 4.45. The number of fused-ring (bicyclic) bond motifs is 1. The van der Waals surface area contributed by atoms with E-state index in [1.165, 1.54) is 5.56 Å². The Kier molecular flexibility index (Phi) is 3.72. The minimum Gasteiger partial charge on any atom is -0.451 e. The van der Waals surface area contributed by atoms with Gasteiger partial charge in [0.15, 0.2) is 5.76 Å². The van der Waals surface area contributed by atoms with Gasteiger partial charge in [0.25, 0.3) is 5.91 Å². The Bertz CT molecular complexity index is 662. The smallest absolute Gasteiger partial charge is 0.289 e. The molecular formula is C17H22N2O2. The number of aryl methyl sites for hydroxylation is 1. The number of furan rings is 1. The topological polar surface area (TPSA) is 45.5 Å². The highest BCUT2D eigenvalue weighted by molar-refractivity contribution is 5.96. The Balaban J connectivity index is 1.80. The second-order valence-corrected chi connectivity index (χ2v) is 6.06. The summed E-state index contributed by atoms with van der Waals surface area (Å²) in [6, 6.07) is 8.33. The Hall–Kier alpha value is -1.81. The van der Waals surface area contributed by atoms with Crippen molar-refractivity contribution in [3.63, 3.8) is 0 Å². The quantitative estimate of drug-likeness (QED) is 0.923. The zero-order chi connectivity index (χ0) is 15.0. The van der Waals surface area contributed by atoms with Gasteiger partial charge in [0, 0.05) is 24.5 Å². The Labute approximate surface area is 125 Å². The van der Waals surface area contributed by atoms with Gasteiger partial charge in [-0.05, 0) is 44.5 Å². The fourth-order valence-corrected chi connectivity index (χ4v) is 3.18. The standard InChI is InChI=1S/C17H22N2O2/c1-11-4-5-15-13(8-11)9-16(21-15)17(20)19-7-6-14(18-3)12(2)10-19/h4-5,8-9,12,14,18H,6-7,10H2,1-3H3. The molecule has 4 heteroatoms. The summed E-state index contributed by atoms with van der Waals surface area (Å²) in [6.07, 6.45) is 0.989. The highest BCUT2D eigenvalue weighted by Gasteiger charge is 2.29. The number of benzene rings is 1. The molecule has 1 fully saturated rings. The van der Waals surface area contributed by atoms with E-state index >= 15 is 0 Å². The molecule has 0 radical (unpaired) electrons. The number of piperidine rings is 1. The summed E-state index contributed by atoms with van der Waals surface area (Å²) in [7, 11) is 1.99. The minimum atomic E-state index is 0.00487. The van der Waals surface area contributed by atoms with Crippen molar-refractivity contribution in [3.8, 4) is 0 Å². The molecule has 4 nitrogen and oxygen atoms in total. The highest BCUT2D eigenvalue weighted by Crippen LogP contribution is 2.24. The minimum absolute atomic E-state index is 0.00487. The molecule has 0 saturated carbocycles. The highest BCUT2D eigenvalue weighted by atomic mass is 16.3. The number of rotatable bonds is 2. The summed E-state index contributed by atoms with van der Waals surface area (Å²) in [4.78, 5) is 14.5. The molecule has 0 spiro atoms. The number of hydrogen-bond acceptors (Lipinski definition) is 3. The van der Waals surface area contributed by atoms with Crippen molar-refractivity contribution < 1.29 is 9.21 Å². The van der Waals surface area contributed by atoms with Crippen molar-refractivity contribution in [2.75, 3.05) is 20.1 Å². The summed E-state index contributed by atoms with van der Waals surface area (Å²) < 4.78 is 5.72. The first kappa shape index (κ1) is 14.1. The van der Waals surface area contributed by atoms with Crippen LogP contribution in [0.3, 0.4) is 0 Å². The van der Waals surface area contributed by atoms with Crippen LogP contribution < -0.4 is 5.32 Å². The maximum Gasteiger partial charge on any atom is 0.289 e. The third-order valence-corrected chi connectivity index (χ3v) is 4.45. The van der Waals surface area contributed by atoms with Gasteiger partial charge in [-0.1, -0.05) is 18.6 Å². The molecule has 1 aromatic carbocycles. The first-order valence-corrected chi connectivity index (χ1v) is 7.55. The molecule has 1 aliphatic heterocycles. The molecule has 2 aromatic rings. The summed E-state index contributed by atoms with van der Waals surface area (Å²) in [5, 5.41) is 4.32. The first-order chi connectivity index (χ1) is 10.1. The summed E-state index contributed by atoms with van der Waals surface area (Å²) >= 11 is 0. The van der Waals surface area contributed by atoms with Gasteiger partial charge in [0.2, 0.25) is 0 Å². The Morgan fingerprint density at radius 3 is 2.90 bits per heavy atom. The van der Waals surface area contributed by atoms with Crippen LogP contribution in [0.25, 0.3) is 11.0 Å². The molecule has 1 aliphatic rings. The fraction of sp³-hybridized carbons (Fsp3) is 0.471. The Morgan fingerprint density at radius 2 is 2.19 bits per heavy atom. The van der Waals surface area contributed by atoms with Gasteiger partial charge >= 0.3 is 0 Å². The number of amides is 1. The van der Waals surface area contributed by atoms with Crippen LogP contribution in [0.5, 0.6) is 0 Å². The number of nitrogens with zero attached hydrogens (tertiary/aromatic N) is 1. The molecule has 2 heterocycles. The molecule has 112 valence electrons. The van der Waals surface area contributed by atoms with Crippen LogP contribution in [0.15, 0.2) is 28.7 Å². The van der Waals surface area contributed by atoms with Gasteiger partial charge in [0.05, 0.1) is 0 Å². The SMILES string of the molecule is CNC1CCN(C(=O)c2cc3cc(C)ccc3o2)CC1C. The maximum absolute atomic E-state index is 12.6. The summed E-state index contributed by atoms with van der Waals surface area (Å²) in [5.74, 6) is 0.912. The second kappa shape index (κ2) is 5.53. The molecule has 0 bridgehead atoms. The van der Waals surface area contributed by atoms with Crippen LogP contribution in [-0.4, -0.2) is 37.0 Å². The fourth-order valence-electron chi connectivity index (χ4n) is 3.18. The summed E-state index contributed by atoms with van der Waals surface area (Å²) in [5.41, 5.74) is 1.95. The zero-order valence-electron chi connectivity index (χ0n) is 12.8. The van der Waals surface area contributed by atoms with Gasteiger partial charge in [-0.15, -0.1) is 0 Å². The number of carbonyl (C=O) groups excluding carboxylic acids is 1. The van der Waals surface area contributed by atoms with E-state index in [0.717, 1.165) is 30.5 Å². The van der Waals surface area contributed by atoms with Crippen molar-refractivity contribution in [2.24, 2.45) is 5.92 Å². The first-order valence-electron chi connectivity index (χ1n) is 7.55. The van der Waals surface area contributed by atoms with Crippen LogP contribution in [0.1, 0.15) is 29.5 Å². The largest absolute Gasteiger partial charge is 0.451 e. The van der Waals surface area contributed by atoms with E-state index in [-0.39, 0.29) is 5.91 Å². The Morgan fingerprint density at radius 1 is 1.38 bits per heavy atom. The molecular weight excluding hydrogens is 264 g/mol. The number of likely N-dealkylation sites (tertiary alicyclic amines) is 1.